The van der Waals surface area contributed by atoms with E-state index in [1.165, 1.54) is 6.42 Å². The fraction of sp³-hybridized carbons (Fsp3) is 0.357. The Morgan fingerprint density at radius 1 is 1.42 bits per heavy atom. The molecule has 0 spiro atoms. The Kier molecular flexibility index (Phi) is 3.00. The molecule has 0 amide bonds. The monoisotopic (exact) mass is 272 g/mol. The fourth-order valence-corrected chi connectivity index (χ4v) is 2.59. The van der Waals surface area contributed by atoms with Crippen molar-refractivity contribution in [1.82, 2.24) is 15.0 Å². The van der Waals surface area contributed by atoms with Gasteiger partial charge in [0, 0.05) is 10.9 Å². The molecule has 4 nitrogen and oxygen atoms in total. The Bertz CT molecular complexity index is 665. The number of aromatic nitrogens is 3. The van der Waals surface area contributed by atoms with E-state index in [-0.39, 0.29) is 0 Å². The van der Waals surface area contributed by atoms with Crippen molar-refractivity contribution in [2.45, 2.75) is 32.1 Å². The molecular weight excluding hydrogens is 260 g/mol. The van der Waals surface area contributed by atoms with Crippen LogP contribution in [-0.4, -0.2) is 15.0 Å². The maximum absolute atomic E-state index is 9.18. The summed E-state index contributed by atoms with van der Waals surface area (Å²) in [5, 5.41) is 18.0. The normalized spacial score (nSPS) is 15.0. The average Bonchev–Trinajstić information content (AvgIpc) is 2.74. The van der Waals surface area contributed by atoms with Crippen molar-refractivity contribution in [3.8, 4) is 11.8 Å². The molecule has 5 heteroatoms. The third-order valence-corrected chi connectivity index (χ3v) is 4.18. The Morgan fingerprint density at radius 3 is 2.84 bits per heavy atom. The average molecular weight is 273 g/mol. The van der Waals surface area contributed by atoms with Gasteiger partial charge in [0.15, 0.2) is 5.69 Å². The molecule has 1 aromatic heterocycles. The largest absolute Gasteiger partial charge is 0.216 e. The Labute approximate surface area is 116 Å². The van der Waals surface area contributed by atoms with Gasteiger partial charge in [0.2, 0.25) is 0 Å². The van der Waals surface area contributed by atoms with Gasteiger partial charge in [-0.05, 0) is 37.5 Å². The predicted octanol–water partition coefficient (Wildman–Crippen LogP) is 3.37. The highest BCUT2D eigenvalue weighted by Crippen LogP contribution is 2.38. The van der Waals surface area contributed by atoms with Crippen LogP contribution in [0.1, 0.15) is 42.1 Å². The molecule has 0 atom stereocenters. The summed E-state index contributed by atoms with van der Waals surface area (Å²) in [6.07, 6.45) is 3.40. The minimum Gasteiger partial charge on any atom is -0.216 e. The molecule has 19 heavy (non-hydrogen) atoms. The van der Waals surface area contributed by atoms with Gasteiger partial charge in [0.25, 0.3) is 0 Å². The van der Waals surface area contributed by atoms with E-state index in [2.05, 4.69) is 16.4 Å². The summed E-state index contributed by atoms with van der Waals surface area (Å²) in [5.74, 6) is 0.392. The second-order valence-corrected chi connectivity index (χ2v) is 5.27. The van der Waals surface area contributed by atoms with Crippen LogP contribution in [0.5, 0.6) is 0 Å². The van der Waals surface area contributed by atoms with Crippen LogP contribution in [0.15, 0.2) is 18.2 Å². The van der Waals surface area contributed by atoms with Crippen LogP contribution >= 0.6 is 11.6 Å². The van der Waals surface area contributed by atoms with Crippen molar-refractivity contribution in [2.75, 3.05) is 0 Å². The van der Waals surface area contributed by atoms with Gasteiger partial charge in [-0.2, -0.15) is 5.26 Å². The van der Waals surface area contributed by atoms with Crippen molar-refractivity contribution < 1.29 is 0 Å². The van der Waals surface area contributed by atoms with Crippen LogP contribution < -0.4 is 0 Å². The maximum Gasteiger partial charge on any atom is 0.186 e. The van der Waals surface area contributed by atoms with Crippen molar-refractivity contribution in [3.63, 3.8) is 0 Å². The highest BCUT2D eigenvalue weighted by Gasteiger charge is 2.28. The first-order valence-electron chi connectivity index (χ1n) is 6.33. The van der Waals surface area contributed by atoms with Crippen LogP contribution in [0.4, 0.5) is 0 Å². The van der Waals surface area contributed by atoms with Crippen molar-refractivity contribution in [3.05, 3.63) is 40.2 Å². The molecule has 1 fully saturated rings. The van der Waals surface area contributed by atoms with E-state index in [1.807, 2.05) is 25.1 Å². The molecule has 0 N–H and O–H groups in total. The lowest BCUT2D eigenvalue weighted by Gasteiger charge is -2.26. The SMILES string of the molecule is Cc1c(Cl)cccc1-n1nnc(C#N)c1C1CCC1. The van der Waals surface area contributed by atoms with Crippen LogP contribution in [0, 0.1) is 18.3 Å². The highest BCUT2D eigenvalue weighted by molar-refractivity contribution is 6.31. The third-order valence-electron chi connectivity index (χ3n) is 3.77. The quantitative estimate of drug-likeness (QED) is 0.842. The summed E-state index contributed by atoms with van der Waals surface area (Å²) in [6, 6.07) is 7.84. The second kappa shape index (κ2) is 4.67. The molecule has 0 unspecified atom stereocenters. The van der Waals surface area contributed by atoms with Gasteiger partial charge in [-0.25, -0.2) is 4.68 Å². The maximum atomic E-state index is 9.18. The van der Waals surface area contributed by atoms with Crippen molar-refractivity contribution in [1.29, 1.82) is 5.26 Å². The number of halogens is 1. The summed E-state index contributed by atoms with van der Waals surface area (Å²) in [6.45, 7) is 1.95. The van der Waals surface area contributed by atoms with Gasteiger partial charge < -0.3 is 0 Å². The molecule has 3 rings (SSSR count). The standard InChI is InChI=1S/C14H13ClN4/c1-9-11(15)6-3-7-13(9)19-14(10-4-2-5-10)12(8-16)17-18-19/h3,6-7,10H,2,4-5H2,1H3. The molecular formula is C14H13ClN4. The summed E-state index contributed by atoms with van der Waals surface area (Å²) in [4.78, 5) is 0. The summed E-state index contributed by atoms with van der Waals surface area (Å²) >= 11 is 6.16. The van der Waals surface area contributed by atoms with E-state index < -0.39 is 0 Å². The number of rotatable bonds is 2. The van der Waals surface area contributed by atoms with E-state index in [4.69, 9.17) is 11.6 Å². The Balaban J connectivity index is 2.17. The molecule has 96 valence electrons. The topological polar surface area (TPSA) is 54.5 Å². The van der Waals surface area contributed by atoms with E-state index in [0.717, 1.165) is 29.8 Å². The van der Waals surface area contributed by atoms with Gasteiger partial charge in [0.05, 0.1) is 11.4 Å². The van der Waals surface area contributed by atoms with Gasteiger partial charge in [0.1, 0.15) is 6.07 Å². The predicted molar refractivity (Wildman–Crippen MR) is 72.4 cm³/mol. The molecule has 1 aliphatic rings. The molecule has 1 aromatic carbocycles. The lowest BCUT2D eigenvalue weighted by Crippen LogP contribution is -2.16. The lowest BCUT2D eigenvalue weighted by atomic mass is 9.82. The molecule has 0 aliphatic heterocycles. The lowest BCUT2D eigenvalue weighted by molar-refractivity contribution is 0.402. The molecule has 2 aromatic rings. The molecule has 0 bridgehead atoms. The van der Waals surface area contributed by atoms with Crippen molar-refractivity contribution >= 4 is 11.6 Å². The number of hydrogen-bond acceptors (Lipinski definition) is 3. The zero-order valence-electron chi connectivity index (χ0n) is 10.6. The van der Waals surface area contributed by atoms with E-state index in [0.29, 0.717) is 16.6 Å². The number of hydrogen-bond donors (Lipinski definition) is 0. The molecule has 1 saturated carbocycles. The van der Waals surface area contributed by atoms with E-state index in [9.17, 15) is 5.26 Å². The fourth-order valence-electron chi connectivity index (χ4n) is 2.42. The Morgan fingerprint density at radius 2 is 2.21 bits per heavy atom. The first-order chi connectivity index (χ1) is 9.22. The first-order valence-corrected chi connectivity index (χ1v) is 6.71. The van der Waals surface area contributed by atoms with E-state index in [1.54, 1.807) is 4.68 Å². The summed E-state index contributed by atoms with van der Waals surface area (Å²) < 4.78 is 1.78. The Hall–Kier alpha value is -1.86. The zero-order chi connectivity index (χ0) is 13.4. The minimum absolute atomic E-state index is 0.392. The number of benzene rings is 1. The molecule has 0 radical (unpaired) electrons. The van der Waals surface area contributed by atoms with Crippen molar-refractivity contribution in [2.24, 2.45) is 0 Å². The smallest absolute Gasteiger partial charge is 0.186 e. The second-order valence-electron chi connectivity index (χ2n) is 4.86. The molecule has 1 aliphatic carbocycles. The molecule has 0 saturated heterocycles. The van der Waals surface area contributed by atoms with E-state index >= 15 is 0 Å². The minimum atomic E-state index is 0.392. The van der Waals surface area contributed by atoms with Gasteiger partial charge >= 0.3 is 0 Å². The van der Waals surface area contributed by atoms with Crippen LogP contribution in [0.2, 0.25) is 5.02 Å². The van der Waals surface area contributed by atoms with Crippen LogP contribution in [0.3, 0.4) is 0 Å². The highest BCUT2D eigenvalue weighted by atomic mass is 35.5. The zero-order valence-corrected chi connectivity index (χ0v) is 11.4. The summed E-state index contributed by atoms with van der Waals surface area (Å²) in [7, 11) is 0. The van der Waals surface area contributed by atoms with Crippen LogP contribution in [-0.2, 0) is 0 Å². The summed E-state index contributed by atoms with van der Waals surface area (Å²) in [5.41, 5.74) is 3.23. The number of nitrogens with zero attached hydrogens (tertiary/aromatic N) is 4. The van der Waals surface area contributed by atoms with Crippen LogP contribution in [0.25, 0.3) is 5.69 Å². The first kappa shape index (κ1) is 12.2. The van der Waals surface area contributed by atoms with Gasteiger partial charge in [-0.3, -0.25) is 0 Å². The van der Waals surface area contributed by atoms with Gasteiger partial charge in [-0.1, -0.05) is 29.3 Å². The molecule has 1 heterocycles. The number of nitriles is 1. The third kappa shape index (κ3) is 1.91. The van der Waals surface area contributed by atoms with Gasteiger partial charge in [-0.15, -0.1) is 5.10 Å².